The van der Waals surface area contributed by atoms with Crippen LogP contribution in [0.4, 0.5) is 4.79 Å². The third kappa shape index (κ3) is 30.2. The van der Waals surface area contributed by atoms with E-state index < -0.39 is 17.7 Å². The molecule has 1 aliphatic heterocycles. The van der Waals surface area contributed by atoms with Crippen molar-refractivity contribution >= 4 is 40.1 Å². The van der Waals surface area contributed by atoms with Crippen LogP contribution in [-0.4, -0.2) is 80.8 Å². The predicted octanol–water partition coefficient (Wildman–Crippen LogP) is 10.0. The first-order valence-electron chi connectivity index (χ1n) is 19.4. The summed E-state index contributed by atoms with van der Waals surface area (Å²) in [7, 11) is 1.54. The van der Waals surface area contributed by atoms with Crippen LogP contribution in [0.15, 0.2) is 28.8 Å². The number of aldehydes is 1. The number of carbonyl (C=O) groups excluding carboxylic acids is 4. The summed E-state index contributed by atoms with van der Waals surface area (Å²) in [4.78, 5) is 49.1. The van der Waals surface area contributed by atoms with Gasteiger partial charge in [-0.3, -0.25) is 9.59 Å². The van der Waals surface area contributed by atoms with E-state index in [-0.39, 0.29) is 32.1 Å². The molecule has 1 atom stereocenters. The second-order valence-electron chi connectivity index (χ2n) is 12.3. The molecule has 1 aliphatic rings. The molecule has 1 aromatic carbocycles. The molecule has 1 heterocycles. The van der Waals surface area contributed by atoms with Gasteiger partial charge in [-0.15, -0.1) is 0 Å². The first-order chi connectivity index (χ1) is 25.3. The number of hydrogen-bond donors (Lipinski definition) is 2. The third-order valence-corrected chi connectivity index (χ3v) is 7.16. The standard InChI is InChI=1S/C29H41N3O7.C5H9Br.C4H10.2C2H6.CH4/c1-29(2,3)39-28(36)31-15-17-38-19-18-37-16-8-6-5-7-10-22-11-9-12-24-25(22)20-32(27(24)35)23(21-33)13-14-26(34)30-4;1-3-4-5(2)6;1-3-4-2;2*1-2;/h9,11-12,21,23H,5-6,8,13-20H2,1-4H3,(H,30,34)(H,31,36);4H,3H2,1-2H3;3-4H2,1-2H3;2*1-2H3;1H4/b;5-4-;;;;. The predicted molar refractivity (Wildman–Crippen MR) is 229 cm³/mol. The summed E-state index contributed by atoms with van der Waals surface area (Å²) in [5.74, 6) is 5.97. The number of carbonyl (C=O) groups is 4. The fraction of sp³-hybridized carbons (Fsp3) is 0.674. The Hall–Kier alpha value is -3.20. The average molecular weight is 827 g/mol. The summed E-state index contributed by atoms with van der Waals surface area (Å²) in [6, 6.07) is 4.79. The van der Waals surface area contributed by atoms with Gasteiger partial charge in [0.1, 0.15) is 11.9 Å². The molecule has 0 saturated carbocycles. The lowest BCUT2D eigenvalue weighted by atomic mass is 10.0. The van der Waals surface area contributed by atoms with Gasteiger partial charge in [-0.2, -0.15) is 0 Å². The van der Waals surface area contributed by atoms with E-state index in [0.717, 1.165) is 36.7 Å². The zero-order chi connectivity index (χ0) is 41.1. The Morgan fingerprint density at radius 1 is 1.00 bits per heavy atom. The minimum atomic E-state index is -0.651. The number of ether oxygens (including phenoxy) is 3. The number of unbranched alkanes of at least 4 members (excludes halogenated alkanes) is 3. The Bertz CT molecular complexity index is 1210. The van der Waals surface area contributed by atoms with Gasteiger partial charge >= 0.3 is 6.09 Å². The van der Waals surface area contributed by atoms with Gasteiger partial charge in [-0.05, 0) is 75.6 Å². The highest BCUT2D eigenvalue weighted by molar-refractivity contribution is 9.11. The van der Waals surface area contributed by atoms with Crippen LogP contribution in [0.5, 0.6) is 0 Å². The number of benzene rings is 1. The monoisotopic (exact) mass is 825 g/mol. The van der Waals surface area contributed by atoms with Crippen LogP contribution < -0.4 is 10.6 Å². The number of hydrogen-bond acceptors (Lipinski definition) is 7. The Balaban J connectivity index is -0.000000717. The number of nitrogens with zero attached hydrogens (tertiary/aromatic N) is 1. The largest absolute Gasteiger partial charge is 0.444 e. The minimum Gasteiger partial charge on any atom is -0.444 e. The van der Waals surface area contributed by atoms with Crippen LogP contribution >= 0.6 is 15.9 Å². The maximum atomic E-state index is 12.9. The normalized spacial score (nSPS) is 11.7. The molecule has 1 unspecified atom stereocenters. The number of fused-ring (bicyclic) bond motifs is 1. The second kappa shape index (κ2) is 38.1. The van der Waals surface area contributed by atoms with Gasteiger partial charge in [-0.1, -0.05) is 109 Å². The zero-order valence-electron chi connectivity index (χ0n) is 35.0. The second-order valence-corrected chi connectivity index (χ2v) is 13.5. The van der Waals surface area contributed by atoms with Gasteiger partial charge in [0.15, 0.2) is 0 Å². The molecule has 2 N–H and O–H groups in total. The Labute approximate surface area is 338 Å². The summed E-state index contributed by atoms with van der Waals surface area (Å²) >= 11 is 3.30. The maximum absolute atomic E-state index is 12.9. The first-order valence-corrected chi connectivity index (χ1v) is 20.2. The number of alkyl carbamates (subject to hydrolysis) is 1. The Morgan fingerprint density at radius 2 is 1.61 bits per heavy atom. The summed E-state index contributed by atoms with van der Waals surface area (Å²) in [6.07, 6.45) is 9.05. The summed E-state index contributed by atoms with van der Waals surface area (Å²) in [6.45, 7) is 24.5. The van der Waals surface area contributed by atoms with E-state index in [9.17, 15) is 19.2 Å². The lowest BCUT2D eigenvalue weighted by Gasteiger charge is -2.22. The van der Waals surface area contributed by atoms with Gasteiger partial charge in [0, 0.05) is 50.7 Å². The van der Waals surface area contributed by atoms with Crippen molar-refractivity contribution in [2.45, 2.75) is 153 Å². The zero-order valence-corrected chi connectivity index (χ0v) is 36.6. The van der Waals surface area contributed by atoms with Crippen molar-refractivity contribution in [1.29, 1.82) is 0 Å². The van der Waals surface area contributed by atoms with Crippen molar-refractivity contribution in [1.82, 2.24) is 15.5 Å². The maximum Gasteiger partial charge on any atom is 0.407 e. The van der Waals surface area contributed by atoms with Crippen LogP contribution in [0.3, 0.4) is 0 Å². The Morgan fingerprint density at radius 3 is 2.11 bits per heavy atom. The summed E-state index contributed by atoms with van der Waals surface area (Å²) < 4.78 is 17.4. The van der Waals surface area contributed by atoms with Gasteiger partial charge in [0.05, 0.1) is 25.9 Å². The van der Waals surface area contributed by atoms with E-state index >= 15 is 0 Å². The highest BCUT2D eigenvalue weighted by Crippen LogP contribution is 2.28. The molecular formula is C43H76BrN3O7. The van der Waals surface area contributed by atoms with Crippen LogP contribution in [-0.2, 0) is 30.3 Å². The third-order valence-electron chi connectivity index (χ3n) is 6.83. The Kier molecular flexibility index (Phi) is 40.6. The lowest BCUT2D eigenvalue weighted by molar-refractivity contribution is -0.121. The lowest BCUT2D eigenvalue weighted by Crippen LogP contribution is -2.37. The average Bonchev–Trinajstić information content (AvgIpc) is 3.48. The number of nitrogens with one attached hydrogen (secondary N) is 2. The van der Waals surface area contributed by atoms with E-state index in [0.29, 0.717) is 51.5 Å². The molecule has 0 fully saturated rings. The van der Waals surface area contributed by atoms with Gasteiger partial charge in [0.25, 0.3) is 5.91 Å². The molecule has 1 aromatic rings. The van der Waals surface area contributed by atoms with E-state index in [1.165, 1.54) is 22.2 Å². The summed E-state index contributed by atoms with van der Waals surface area (Å²) in [5.41, 5.74) is 1.65. The van der Waals surface area contributed by atoms with Gasteiger partial charge in [0.2, 0.25) is 5.91 Å². The van der Waals surface area contributed by atoms with Crippen LogP contribution in [0.25, 0.3) is 0 Å². The molecule has 312 valence electrons. The molecule has 0 aromatic heterocycles. The molecule has 0 saturated heterocycles. The molecule has 10 nitrogen and oxygen atoms in total. The molecule has 54 heavy (non-hydrogen) atoms. The number of amides is 3. The van der Waals surface area contributed by atoms with E-state index in [1.54, 1.807) is 19.2 Å². The first kappa shape index (κ1) is 57.5. The van der Waals surface area contributed by atoms with Crippen LogP contribution in [0.1, 0.15) is 156 Å². The van der Waals surface area contributed by atoms with Crippen molar-refractivity contribution in [3.8, 4) is 11.8 Å². The van der Waals surface area contributed by atoms with Crippen LogP contribution in [0.2, 0.25) is 0 Å². The topological polar surface area (TPSA) is 123 Å². The molecule has 0 bridgehead atoms. The minimum absolute atomic E-state index is 0. The van der Waals surface area contributed by atoms with Crippen molar-refractivity contribution < 1.29 is 33.4 Å². The van der Waals surface area contributed by atoms with Crippen molar-refractivity contribution in [2.24, 2.45) is 0 Å². The quantitative estimate of drug-likeness (QED) is 0.0911. The molecule has 0 radical (unpaired) electrons. The van der Waals surface area contributed by atoms with E-state index in [2.05, 4.69) is 65.3 Å². The molecule has 2 rings (SSSR count). The van der Waals surface area contributed by atoms with Gasteiger partial charge < -0.3 is 34.5 Å². The van der Waals surface area contributed by atoms with E-state index in [4.69, 9.17) is 14.2 Å². The fourth-order valence-corrected chi connectivity index (χ4v) is 4.48. The molecular weight excluding hydrogens is 750 g/mol. The number of allylic oxidation sites excluding steroid dienone is 2. The van der Waals surface area contributed by atoms with Crippen molar-refractivity contribution in [3.05, 3.63) is 45.4 Å². The number of halogens is 1. The molecule has 0 spiro atoms. The highest BCUT2D eigenvalue weighted by atomic mass is 79.9. The smallest absolute Gasteiger partial charge is 0.407 e. The SMILES string of the molecule is C.CC.CC.CC/C=C(/C)Br.CCCC.CNC(=O)CCC(C=O)N1Cc2c(C#CCCCCOCCOCCNC(=O)OC(C)(C)C)cccc2C1=O. The molecule has 3 amide bonds. The highest BCUT2D eigenvalue weighted by Gasteiger charge is 2.33. The molecule has 0 aliphatic carbocycles. The van der Waals surface area contributed by atoms with Crippen molar-refractivity contribution in [2.75, 3.05) is 40.0 Å². The fourth-order valence-electron chi connectivity index (χ4n) is 4.16. The summed E-state index contributed by atoms with van der Waals surface area (Å²) in [5, 5.41) is 5.16. The number of rotatable bonds is 17. The molecule has 11 heteroatoms. The van der Waals surface area contributed by atoms with Crippen LogP contribution in [0, 0.1) is 11.8 Å². The van der Waals surface area contributed by atoms with E-state index in [1.807, 2.05) is 61.5 Å². The van der Waals surface area contributed by atoms with Gasteiger partial charge in [-0.25, -0.2) is 4.79 Å². The van der Waals surface area contributed by atoms with Crippen molar-refractivity contribution in [3.63, 3.8) is 0 Å².